The van der Waals surface area contributed by atoms with E-state index in [4.69, 9.17) is 0 Å². The van der Waals surface area contributed by atoms with Gasteiger partial charge < -0.3 is 10.2 Å². The summed E-state index contributed by atoms with van der Waals surface area (Å²) in [6.45, 7) is 12.0. The number of carbonyl (C=O) groups excluding carboxylic acids is 2. The van der Waals surface area contributed by atoms with Crippen LogP contribution in [0.5, 0.6) is 0 Å². The highest BCUT2D eigenvalue weighted by atomic mass is 16.2. The van der Waals surface area contributed by atoms with Crippen molar-refractivity contribution in [2.75, 3.05) is 51.1 Å². The smallest absolute Gasteiger partial charge is 0.241 e. The number of anilines is 1. The minimum absolute atomic E-state index is 0.0438. The first-order chi connectivity index (χ1) is 14.0. The van der Waals surface area contributed by atoms with Crippen molar-refractivity contribution < 1.29 is 9.59 Å². The maximum absolute atomic E-state index is 12.9. The Labute approximate surface area is 175 Å². The fourth-order valence-electron chi connectivity index (χ4n) is 4.23. The summed E-state index contributed by atoms with van der Waals surface area (Å²) >= 11 is 0. The van der Waals surface area contributed by atoms with Crippen LogP contribution in [0.3, 0.4) is 0 Å². The van der Waals surface area contributed by atoms with E-state index >= 15 is 0 Å². The van der Waals surface area contributed by atoms with Gasteiger partial charge in [0.1, 0.15) is 0 Å². The quantitative estimate of drug-likeness (QED) is 0.765. The lowest BCUT2D eigenvalue weighted by molar-refractivity contribution is -0.132. The lowest BCUT2D eigenvalue weighted by Crippen LogP contribution is -2.54. The molecule has 29 heavy (non-hydrogen) atoms. The van der Waals surface area contributed by atoms with E-state index in [9.17, 15) is 9.59 Å². The Kier molecular flexibility index (Phi) is 7.67. The van der Waals surface area contributed by atoms with E-state index in [2.05, 4.69) is 35.0 Å². The molecule has 6 nitrogen and oxygen atoms in total. The molecule has 2 heterocycles. The second kappa shape index (κ2) is 10.2. The van der Waals surface area contributed by atoms with E-state index in [-0.39, 0.29) is 17.9 Å². The number of rotatable bonds is 7. The van der Waals surface area contributed by atoms with Crippen LogP contribution >= 0.6 is 0 Å². The largest absolute Gasteiger partial charge is 0.342 e. The molecule has 0 spiro atoms. The Morgan fingerprint density at radius 2 is 1.66 bits per heavy atom. The molecule has 3 rings (SSSR count). The van der Waals surface area contributed by atoms with Crippen molar-refractivity contribution in [1.82, 2.24) is 14.7 Å². The summed E-state index contributed by atoms with van der Waals surface area (Å²) in [4.78, 5) is 31.7. The highest BCUT2D eigenvalue weighted by Crippen LogP contribution is 2.26. The zero-order chi connectivity index (χ0) is 20.8. The highest BCUT2D eigenvalue weighted by molar-refractivity contribution is 5.95. The van der Waals surface area contributed by atoms with Crippen LogP contribution in [0.25, 0.3) is 0 Å². The molecule has 160 valence electrons. The van der Waals surface area contributed by atoms with E-state index in [0.29, 0.717) is 12.5 Å². The van der Waals surface area contributed by atoms with Gasteiger partial charge in [0.15, 0.2) is 0 Å². The number of benzene rings is 1. The number of carbonyl (C=O) groups is 2. The van der Waals surface area contributed by atoms with E-state index in [1.165, 1.54) is 5.56 Å². The number of hydrogen-bond donors (Lipinski definition) is 1. The van der Waals surface area contributed by atoms with Crippen LogP contribution < -0.4 is 5.32 Å². The number of amides is 2. The van der Waals surface area contributed by atoms with Gasteiger partial charge in [-0.05, 0) is 43.7 Å². The van der Waals surface area contributed by atoms with Crippen LogP contribution in [0.2, 0.25) is 0 Å². The van der Waals surface area contributed by atoms with Crippen molar-refractivity contribution in [3.63, 3.8) is 0 Å². The lowest BCUT2D eigenvalue weighted by atomic mass is 9.97. The second-order valence-electron chi connectivity index (χ2n) is 8.46. The Morgan fingerprint density at radius 3 is 2.31 bits per heavy atom. The average molecular weight is 401 g/mol. The molecule has 2 aliphatic rings. The van der Waals surface area contributed by atoms with Crippen molar-refractivity contribution in [3.8, 4) is 0 Å². The third kappa shape index (κ3) is 5.58. The summed E-state index contributed by atoms with van der Waals surface area (Å²) in [5.74, 6) is 0.712. The first-order valence-electron chi connectivity index (χ1n) is 11.1. The number of piperazine rings is 1. The third-order valence-corrected chi connectivity index (χ3v) is 6.51. The second-order valence-corrected chi connectivity index (χ2v) is 8.46. The molecule has 0 aliphatic carbocycles. The van der Waals surface area contributed by atoms with Gasteiger partial charge in [-0.2, -0.15) is 0 Å². The van der Waals surface area contributed by atoms with Gasteiger partial charge in [-0.25, -0.2) is 0 Å². The minimum atomic E-state index is -0.184. The Hall–Kier alpha value is -1.92. The van der Waals surface area contributed by atoms with Crippen molar-refractivity contribution in [3.05, 3.63) is 29.8 Å². The predicted molar refractivity (Wildman–Crippen MR) is 117 cm³/mol. The SMILES string of the molecule is CCC(C)c1ccccc1NC(=O)C(C)N1CCN(CC(=O)N2CCCC2)CC1. The van der Waals surface area contributed by atoms with Gasteiger partial charge in [0, 0.05) is 45.0 Å². The Bertz CT molecular complexity index is 694. The van der Waals surface area contributed by atoms with Gasteiger partial charge >= 0.3 is 0 Å². The summed E-state index contributed by atoms with van der Waals surface area (Å²) in [6.07, 6.45) is 3.30. The van der Waals surface area contributed by atoms with E-state index in [1.54, 1.807) is 0 Å². The number of hydrogen-bond acceptors (Lipinski definition) is 4. The molecule has 0 aromatic heterocycles. The molecular weight excluding hydrogens is 364 g/mol. The van der Waals surface area contributed by atoms with Crippen LogP contribution in [0.15, 0.2) is 24.3 Å². The molecule has 1 aromatic rings. The number of nitrogens with zero attached hydrogens (tertiary/aromatic N) is 3. The highest BCUT2D eigenvalue weighted by Gasteiger charge is 2.28. The van der Waals surface area contributed by atoms with Crippen molar-refractivity contribution >= 4 is 17.5 Å². The molecule has 0 saturated carbocycles. The van der Waals surface area contributed by atoms with Crippen molar-refractivity contribution in [2.45, 2.75) is 52.0 Å². The van der Waals surface area contributed by atoms with E-state index in [0.717, 1.165) is 64.2 Å². The van der Waals surface area contributed by atoms with Crippen LogP contribution in [0.4, 0.5) is 5.69 Å². The fourth-order valence-corrected chi connectivity index (χ4v) is 4.23. The number of nitrogens with one attached hydrogen (secondary N) is 1. The van der Waals surface area contributed by atoms with Crippen LogP contribution in [-0.4, -0.2) is 78.4 Å². The molecular formula is C23H36N4O2. The maximum Gasteiger partial charge on any atom is 0.241 e. The fraction of sp³-hybridized carbons (Fsp3) is 0.652. The summed E-state index contributed by atoms with van der Waals surface area (Å²) in [5.41, 5.74) is 2.12. The Morgan fingerprint density at radius 1 is 1.00 bits per heavy atom. The zero-order valence-electron chi connectivity index (χ0n) is 18.2. The lowest BCUT2D eigenvalue weighted by Gasteiger charge is -2.37. The average Bonchev–Trinajstić information content (AvgIpc) is 3.28. The number of likely N-dealkylation sites (tertiary alicyclic amines) is 1. The predicted octanol–water partition coefficient (Wildman–Crippen LogP) is 2.77. The van der Waals surface area contributed by atoms with Gasteiger partial charge in [0.2, 0.25) is 11.8 Å². The monoisotopic (exact) mass is 400 g/mol. The molecule has 2 unspecified atom stereocenters. The number of para-hydroxylation sites is 1. The molecule has 2 atom stereocenters. The van der Waals surface area contributed by atoms with Gasteiger partial charge in [-0.15, -0.1) is 0 Å². The molecule has 2 amide bonds. The summed E-state index contributed by atoms with van der Waals surface area (Å²) in [7, 11) is 0. The molecule has 6 heteroatoms. The maximum atomic E-state index is 12.9. The normalized spacial score (nSPS) is 20.4. The molecule has 2 fully saturated rings. The van der Waals surface area contributed by atoms with E-state index < -0.39 is 0 Å². The van der Waals surface area contributed by atoms with Crippen molar-refractivity contribution in [2.24, 2.45) is 0 Å². The van der Waals surface area contributed by atoms with Crippen molar-refractivity contribution in [1.29, 1.82) is 0 Å². The van der Waals surface area contributed by atoms with E-state index in [1.807, 2.05) is 30.0 Å². The first kappa shape index (κ1) is 21.8. The third-order valence-electron chi connectivity index (χ3n) is 6.51. The van der Waals surface area contributed by atoms with Gasteiger partial charge in [0.05, 0.1) is 12.6 Å². The molecule has 1 N–H and O–H groups in total. The van der Waals surface area contributed by atoms with Crippen LogP contribution in [-0.2, 0) is 9.59 Å². The molecule has 2 aliphatic heterocycles. The van der Waals surface area contributed by atoms with Gasteiger partial charge in [-0.1, -0.05) is 32.0 Å². The molecule has 2 saturated heterocycles. The standard InChI is InChI=1S/C23H36N4O2/c1-4-18(2)20-9-5-6-10-21(20)24-23(29)19(3)26-15-13-25(14-16-26)17-22(28)27-11-7-8-12-27/h5-6,9-10,18-19H,4,7-8,11-17H2,1-3H3,(H,24,29). The summed E-state index contributed by atoms with van der Waals surface area (Å²) < 4.78 is 0. The summed E-state index contributed by atoms with van der Waals surface area (Å²) in [5, 5.41) is 3.15. The Balaban J connectivity index is 1.49. The van der Waals surface area contributed by atoms with Crippen LogP contribution in [0, 0.1) is 0 Å². The molecule has 0 radical (unpaired) electrons. The zero-order valence-corrected chi connectivity index (χ0v) is 18.2. The van der Waals surface area contributed by atoms with Gasteiger partial charge in [0.25, 0.3) is 0 Å². The topological polar surface area (TPSA) is 55.9 Å². The van der Waals surface area contributed by atoms with Gasteiger partial charge in [-0.3, -0.25) is 19.4 Å². The summed E-state index contributed by atoms with van der Waals surface area (Å²) in [6, 6.07) is 7.92. The first-order valence-corrected chi connectivity index (χ1v) is 11.1. The minimum Gasteiger partial charge on any atom is -0.342 e. The molecule has 1 aromatic carbocycles. The van der Waals surface area contributed by atoms with Crippen LogP contribution in [0.1, 0.15) is 51.5 Å². The molecule has 0 bridgehead atoms.